The maximum Gasteiger partial charge on any atom is 0.357 e. The molecule has 24 heavy (non-hydrogen) atoms. The first-order chi connectivity index (χ1) is 11.4. The van der Waals surface area contributed by atoms with Crippen molar-refractivity contribution in [2.75, 3.05) is 16.2 Å². The molecule has 126 valence electrons. The first kappa shape index (κ1) is 16.5. The Kier molecular flexibility index (Phi) is 4.29. The van der Waals surface area contributed by atoms with Crippen LogP contribution in [-0.2, 0) is 16.4 Å². The lowest BCUT2D eigenvalue weighted by atomic mass is 10.2. The van der Waals surface area contributed by atoms with E-state index in [4.69, 9.17) is 5.11 Å². The Hall–Kier alpha value is -2.39. The molecule has 0 saturated heterocycles. The van der Waals surface area contributed by atoms with Crippen LogP contribution in [-0.4, -0.2) is 36.4 Å². The summed E-state index contributed by atoms with van der Waals surface area (Å²) >= 11 is 0.926. The predicted octanol–water partition coefficient (Wildman–Crippen LogP) is 2.16. The number of carboxylic acid groups (broad SMARTS) is 1. The van der Waals surface area contributed by atoms with E-state index in [1.54, 1.807) is 4.90 Å². The molecule has 0 bridgehead atoms. The van der Waals surface area contributed by atoms with Gasteiger partial charge in [-0.2, -0.15) is 0 Å². The van der Waals surface area contributed by atoms with Crippen LogP contribution in [0, 0.1) is 0 Å². The summed E-state index contributed by atoms with van der Waals surface area (Å²) in [5.41, 5.74) is 2.89. The number of hydrogen-bond donors (Lipinski definition) is 2. The number of benzene rings is 1. The maximum absolute atomic E-state index is 12.8. The lowest BCUT2D eigenvalue weighted by molar-refractivity contribution is 0.0692. The third-order valence-electron chi connectivity index (χ3n) is 3.75. The van der Waals surface area contributed by atoms with Crippen LogP contribution in [0.4, 0.5) is 10.7 Å². The highest BCUT2D eigenvalue weighted by atomic mass is 32.2. The topological polar surface area (TPSA) is 99.6 Å². The van der Waals surface area contributed by atoms with Crippen molar-refractivity contribution in [3.8, 4) is 0 Å². The Morgan fingerprint density at radius 2 is 2.21 bits per heavy atom. The fourth-order valence-corrected chi connectivity index (χ4v) is 5.05. The van der Waals surface area contributed by atoms with E-state index in [0.29, 0.717) is 6.54 Å². The van der Waals surface area contributed by atoms with Gasteiger partial charge in [0.15, 0.2) is 11.1 Å². The molecule has 2 heterocycles. The second-order valence-electron chi connectivity index (χ2n) is 5.18. The van der Waals surface area contributed by atoms with Crippen molar-refractivity contribution in [3.05, 3.63) is 53.7 Å². The number of thiazole rings is 1. The van der Waals surface area contributed by atoms with Gasteiger partial charge in [0.05, 0.1) is 5.51 Å². The summed E-state index contributed by atoms with van der Waals surface area (Å²) in [5.74, 6) is -1.28. The molecule has 1 unspecified atom stereocenters. The Bertz CT molecular complexity index is 892. The van der Waals surface area contributed by atoms with Crippen molar-refractivity contribution in [2.24, 2.45) is 0 Å². The van der Waals surface area contributed by atoms with Gasteiger partial charge in [-0.05, 0) is 18.1 Å². The lowest BCUT2D eigenvalue weighted by Gasteiger charge is -2.27. The monoisotopic (exact) mass is 365 g/mol. The largest absolute Gasteiger partial charge is 0.476 e. The van der Waals surface area contributed by atoms with Gasteiger partial charge in [0.25, 0.3) is 10.0 Å². The number of aromatic nitrogens is 1. The third-order valence-corrected chi connectivity index (χ3v) is 6.20. The fourth-order valence-electron chi connectivity index (χ4n) is 2.71. The van der Waals surface area contributed by atoms with Crippen LogP contribution in [0.15, 0.2) is 42.4 Å². The summed E-state index contributed by atoms with van der Waals surface area (Å²) < 4.78 is 27.9. The fraction of sp³-hybridized carbons (Fsp3) is 0.200. The van der Waals surface area contributed by atoms with Crippen LogP contribution in [0.1, 0.15) is 16.1 Å². The number of para-hydroxylation sites is 1. The summed E-state index contributed by atoms with van der Waals surface area (Å²) in [7, 11) is -3.91. The van der Waals surface area contributed by atoms with E-state index < -0.39 is 21.4 Å². The second kappa shape index (κ2) is 6.25. The molecule has 9 heteroatoms. The van der Waals surface area contributed by atoms with Crippen LogP contribution >= 0.6 is 11.3 Å². The molecule has 7 nitrogen and oxygen atoms in total. The summed E-state index contributed by atoms with van der Waals surface area (Å²) in [6.45, 7) is 4.19. The van der Waals surface area contributed by atoms with Crippen molar-refractivity contribution < 1.29 is 18.3 Å². The first-order valence-electron chi connectivity index (χ1n) is 7.09. The molecule has 1 aliphatic heterocycles. The zero-order chi connectivity index (χ0) is 17.3. The molecule has 0 radical (unpaired) electrons. The predicted molar refractivity (Wildman–Crippen MR) is 93.1 cm³/mol. The standard InChI is InChI=1S/C15H15N3O4S2/c1-2-12(18-8-7-10-5-3-4-6-11(10)18)24(21,22)17-14-13(15(19)20)16-9-23-14/h2-6,9,12,17H,1,7-8H2,(H,19,20). The van der Waals surface area contributed by atoms with Crippen molar-refractivity contribution in [2.45, 2.75) is 11.8 Å². The molecular weight excluding hydrogens is 350 g/mol. The Labute approximate surface area is 143 Å². The minimum Gasteiger partial charge on any atom is -0.476 e. The van der Waals surface area contributed by atoms with E-state index in [9.17, 15) is 13.2 Å². The van der Waals surface area contributed by atoms with Crippen molar-refractivity contribution in [1.82, 2.24) is 4.98 Å². The Morgan fingerprint density at radius 1 is 1.46 bits per heavy atom. The van der Waals surface area contributed by atoms with Crippen LogP contribution in [0.2, 0.25) is 0 Å². The van der Waals surface area contributed by atoms with Gasteiger partial charge in [-0.3, -0.25) is 4.72 Å². The molecule has 2 aromatic rings. The van der Waals surface area contributed by atoms with Crippen molar-refractivity contribution in [3.63, 3.8) is 0 Å². The number of carbonyl (C=O) groups is 1. The van der Waals surface area contributed by atoms with Crippen LogP contribution < -0.4 is 9.62 Å². The van der Waals surface area contributed by atoms with Gasteiger partial charge < -0.3 is 10.0 Å². The quantitative estimate of drug-likeness (QED) is 0.761. The van der Waals surface area contributed by atoms with Gasteiger partial charge in [-0.1, -0.05) is 30.9 Å². The van der Waals surface area contributed by atoms with E-state index >= 15 is 0 Å². The third kappa shape index (κ3) is 2.87. The minimum atomic E-state index is -3.91. The van der Waals surface area contributed by atoms with Gasteiger partial charge in [0.2, 0.25) is 0 Å². The number of nitrogens with zero attached hydrogens (tertiary/aromatic N) is 2. The number of carboxylic acids is 1. The van der Waals surface area contributed by atoms with Crippen LogP contribution in [0.25, 0.3) is 0 Å². The van der Waals surface area contributed by atoms with Gasteiger partial charge in [0.1, 0.15) is 5.00 Å². The summed E-state index contributed by atoms with van der Waals surface area (Å²) in [6, 6.07) is 7.59. The number of nitrogens with one attached hydrogen (secondary N) is 1. The Balaban J connectivity index is 1.92. The molecule has 1 atom stereocenters. The highest BCUT2D eigenvalue weighted by Crippen LogP contribution is 2.32. The lowest BCUT2D eigenvalue weighted by Crippen LogP contribution is -2.41. The number of fused-ring (bicyclic) bond motifs is 1. The smallest absolute Gasteiger partial charge is 0.357 e. The molecule has 0 aliphatic carbocycles. The average molecular weight is 365 g/mol. The van der Waals surface area contributed by atoms with Gasteiger partial charge in [0, 0.05) is 12.2 Å². The second-order valence-corrected chi connectivity index (χ2v) is 7.81. The zero-order valence-corrected chi connectivity index (χ0v) is 14.2. The highest BCUT2D eigenvalue weighted by Gasteiger charge is 2.34. The molecule has 1 aromatic heterocycles. The van der Waals surface area contributed by atoms with Crippen LogP contribution in [0.3, 0.4) is 0 Å². The minimum absolute atomic E-state index is 0.0122. The number of aromatic carboxylic acids is 1. The number of rotatable bonds is 6. The highest BCUT2D eigenvalue weighted by molar-refractivity contribution is 7.93. The summed E-state index contributed by atoms with van der Waals surface area (Å²) in [4.78, 5) is 16.5. The van der Waals surface area contributed by atoms with Crippen molar-refractivity contribution in [1.29, 1.82) is 0 Å². The number of sulfonamides is 1. The van der Waals surface area contributed by atoms with Gasteiger partial charge in [-0.15, -0.1) is 11.3 Å². The molecule has 1 aromatic carbocycles. The van der Waals surface area contributed by atoms with E-state index in [2.05, 4.69) is 16.3 Å². The molecule has 0 saturated carbocycles. The SMILES string of the molecule is C=CC(N1CCc2ccccc21)S(=O)(=O)Nc1scnc1C(=O)O. The van der Waals surface area contributed by atoms with E-state index in [1.165, 1.54) is 11.6 Å². The van der Waals surface area contributed by atoms with Gasteiger partial charge >= 0.3 is 5.97 Å². The molecule has 0 amide bonds. The molecular formula is C15H15N3O4S2. The molecule has 0 fully saturated rings. The number of hydrogen-bond acceptors (Lipinski definition) is 6. The van der Waals surface area contributed by atoms with Crippen molar-refractivity contribution >= 4 is 38.0 Å². The molecule has 1 aliphatic rings. The van der Waals surface area contributed by atoms with E-state index in [-0.39, 0.29) is 10.7 Å². The summed E-state index contributed by atoms with van der Waals surface area (Å²) in [5, 5.41) is 8.05. The number of anilines is 2. The van der Waals surface area contributed by atoms with Gasteiger partial charge in [-0.25, -0.2) is 18.2 Å². The maximum atomic E-state index is 12.8. The average Bonchev–Trinajstić information content (AvgIpc) is 3.15. The molecule has 2 N–H and O–H groups in total. The normalized spacial score (nSPS) is 14.9. The van der Waals surface area contributed by atoms with Crippen LogP contribution in [0.5, 0.6) is 0 Å². The Morgan fingerprint density at radius 3 is 2.92 bits per heavy atom. The molecule has 0 spiro atoms. The van der Waals surface area contributed by atoms with E-state index in [1.807, 2.05) is 24.3 Å². The zero-order valence-electron chi connectivity index (χ0n) is 12.5. The molecule has 3 rings (SSSR count). The van der Waals surface area contributed by atoms with E-state index in [0.717, 1.165) is 29.0 Å². The first-order valence-corrected chi connectivity index (χ1v) is 9.52. The summed E-state index contributed by atoms with van der Waals surface area (Å²) in [6.07, 6.45) is 2.09.